The topological polar surface area (TPSA) is 56.7 Å². The van der Waals surface area contributed by atoms with Crippen molar-refractivity contribution in [2.45, 2.75) is 0 Å². The summed E-state index contributed by atoms with van der Waals surface area (Å²) in [7, 11) is 0. The molecular formula is C63H40N4O. The standard InChI is InChI=1S/C63H40N4O/c1-4-14-41(15-5-1)44-26-28-46(29-27-44)61-64-62(50-23-13-22-49(39-50)43-18-8-3-9-19-43)66-63(65-61)51-32-36-57-55(40-51)59-58(68-57)37-35-54-53-24-10-11-25-56(53)67(60(54)59)52-33-30-45(31-34-52)48-21-12-20-47(38-48)42-16-6-2-7-17-42/h1-40H. The van der Waals surface area contributed by atoms with Gasteiger partial charge >= 0.3 is 0 Å². The second-order valence-electron chi connectivity index (χ2n) is 17.2. The molecule has 3 aromatic heterocycles. The Hall–Kier alpha value is -9.19. The fourth-order valence-electron chi connectivity index (χ4n) is 9.71. The Morgan fingerprint density at radius 2 is 0.706 bits per heavy atom. The minimum atomic E-state index is 0.582. The van der Waals surface area contributed by atoms with Crippen LogP contribution in [0.25, 0.3) is 128 Å². The molecule has 0 radical (unpaired) electrons. The number of nitrogens with zero attached hydrogens (tertiary/aromatic N) is 4. The van der Waals surface area contributed by atoms with Gasteiger partial charge in [-0.05, 0) is 105 Å². The van der Waals surface area contributed by atoms with Crippen molar-refractivity contribution in [1.82, 2.24) is 19.5 Å². The van der Waals surface area contributed by atoms with Gasteiger partial charge in [0.05, 0.1) is 16.4 Å². The Labute approximate surface area is 392 Å². The van der Waals surface area contributed by atoms with Gasteiger partial charge in [0, 0.05) is 38.5 Å². The molecule has 3 heterocycles. The molecule has 0 N–H and O–H groups in total. The van der Waals surface area contributed by atoms with Crippen LogP contribution >= 0.6 is 0 Å². The van der Waals surface area contributed by atoms with Gasteiger partial charge in [0.15, 0.2) is 17.5 Å². The number of furan rings is 1. The summed E-state index contributed by atoms with van der Waals surface area (Å²) >= 11 is 0. The van der Waals surface area contributed by atoms with E-state index in [0.717, 1.165) is 88.6 Å². The predicted octanol–water partition coefficient (Wildman–Crippen LogP) is 16.5. The van der Waals surface area contributed by atoms with E-state index in [2.05, 4.69) is 235 Å². The Morgan fingerprint density at radius 1 is 0.279 bits per heavy atom. The van der Waals surface area contributed by atoms with E-state index in [0.29, 0.717) is 17.5 Å². The molecule has 0 aliphatic heterocycles. The van der Waals surface area contributed by atoms with Crippen LogP contribution in [0.5, 0.6) is 0 Å². The smallest absolute Gasteiger partial charge is 0.164 e. The van der Waals surface area contributed by atoms with Crippen LogP contribution in [-0.4, -0.2) is 19.5 Å². The van der Waals surface area contributed by atoms with Crippen molar-refractivity contribution in [3.8, 4) is 84.4 Å². The lowest BCUT2D eigenvalue weighted by Gasteiger charge is -2.11. The molecule has 10 aromatic carbocycles. The van der Waals surface area contributed by atoms with E-state index in [4.69, 9.17) is 19.4 Å². The van der Waals surface area contributed by atoms with Gasteiger partial charge in [0.1, 0.15) is 11.2 Å². The molecule has 5 heteroatoms. The number of aromatic nitrogens is 4. The maximum absolute atomic E-state index is 6.69. The van der Waals surface area contributed by atoms with Crippen molar-refractivity contribution in [2.75, 3.05) is 0 Å². The van der Waals surface area contributed by atoms with Crippen LogP contribution in [0.1, 0.15) is 0 Å². The largest absolute Gasteiger partial charge is 0.456 e. The zero-order chi connectivity index (χ0) is 45.0. The molecule has 0 bridgehead atoms. The third-order valence-electron chi connectivity index (χ3n) is 13.1. The molecule has 0 aliphatic carbocycles. The summed E-state index contributed by atoms with van der Waals surface area (Å²) in [6.45, 7) is 0. The number of benzene rings is 10. The van der Waals surface area contributed by atoms with Crippen LogP contribution in [0.3, 0.4) is 0 Å². The highest BCUT2D eigenvalue weighted by atomic mass is 16.3. The third-order valence-corrected chi connectivity index (χ3v) is 13.1. The average Bonchev–Trinajstić information content (AvgIpc) is 3.97. The van der Waals surface area contributed by atoms with Gasteiger partial charge in [-0.1, -0.05) is 182 Å². The number of hydrogen-bond acceptors (Lipinski definition) is 4. The molecule has 0 saturated carbocycles. The van der Waals surface area contributed by atoms with E-state index in [1.807, 2.05) is 12.1 Å². The van der Waals surface area contributed by atoms with Crippen molar-refractivity contribution >= 4 is 43.7 Å². The van der Waals surface area contributed by atoms with E-state index in [1.165, 1.54) is 22.1 Å². The van der Waals surface area contributed by atoms with Crippen molar-refractivity contribution in [2.24, 2.45) is 0 Å². The molecule has 0 unspecified atom stereocenters. The molecular weight excluding hydrogens is 829 g/mol. The summed E-state index contributed by atoms with van der Waals surface area (Å²) < 4.78 is 9.07. The highest BCUT2D eigenvalue weighted by Gasteiger charge is 2.21. The normalized spacial score (nSPS) is 11.5. The highest BCUT2D eigenvalue weighted by molar-refractivity contribution is 6.24. The van der Waals surface area contributed by atoms with Crippen LogP contribution in [-0.2, 0) is 0 Å². The highest BCUT2D eigenvalue weighted by Crippen LogP contribution is 2.42. The van der Waals surface area contributed by atoms with Crippen LogP contribution < -0.4 is 0 Å². The van der Waals surface area contributed by atoms with Crippen molar-refractivity contribution in [1.29, 1.82) is 0 Å². The average molecular weight is 869 g/mol. The summed E-state index contributed by atoms with van der Waals surface area (Å²) in [5.74, 6) is 1.78. The number of fused-ring (bicyclic) bond motifs is 7. The fraction of sp³-hybridized carbons (Fsp3) is 0. The quantitative estimate of drug-likeness (QED) is 0.153. The molecule has 68 heavy (non-hydrogen) atoms. The second-order valence-corrected chi connectivity index (χ2v) is 17.2. The van der Waals surface area contributed by atoms with Gasteiger partial charge in [0.25, 0.3) is 0 Å². The maximum atomic E-state index is 6.69. The Kier molecular flexibility index (Phi) is 9.43. The number of hydrogen-bond donors (Lipinski definition) is 0. The van der Waals surface area contributed by atoms with Crippen molar-refractivity contribution < 1.29 is 4.42 Å². The first-order valence-electron chi connectivity index (χ1n) is 22.9. The zero-order valence-electron chi connectivity index (χ0n) is 36.8. The second kappa shape index (κ2) is 16.4. The molecule has 5 nitrogen and oxygen atoms in total. The van der Waals surface area contributed by atoms with Crippen LogP contribution in [0.2, 0.25) is 0 Å². The van der Waals surface area contributed by atoms with E-state index in [1.54, 1.807) is 0 Å². The minimum Gasteiger partial charge on any atom is -0.456 e. The van der Waals surface area contributed by atoms with Gasteiger partial charge in [-0.2, -0.15) is 0 Å². The molecule has 0 aliphatic rings. The van der Waals surface area contributed by atoms with E-state index in [9.17, 15) is 0 Å². The first-order valence-corrected chi connectivity index (χ1v) is 22.9. The summed E-state index contributed by atoms with van der Waals surface area (Å²) in [5, 5.41) is 4.36. The lowest BCUT2D eigenvalue weighted by atomic mass is 9.99. The molecule has 13 aromatic rings. The van der Waals surface area contributed by atoms with Gasteiger partial charge in [-0.15, -0.1) is 0 Å². The maximum Gasteiger partial charge on any atom is 0.164 e. The summed E-state index contributed by atoms with van der Waals surface area (Å²) in [5.41, 5.74) is 16.8. The SMILES string of the molecule is c1ccc(-c2ccc(-c3nc(-c4cccc(-c5ccccc5)c4)nc(-c4ccc5oc6ccc7c8ccccc8n(-c8ccc(-c9cccc(-c%10ccccc%10)c9)cc8)c7c6c5c4)n3)cc2)cc1. The molecule has 0 saturated heterocycles. The molecule has 0 fully saturated rings. The Bertz CT molecular complexity index is 3990. The minimum absolute atomic E-state index is 0.582. The molecule has 318 valence electrons. The third kappa shape index (κ3) is 6.93. The summed E-state index contributed by atoms with van der Waals surface area (Å²) in [4.78, 5) is 15.6. The van der Waals surface area contributed by atoms with E-state index in [-0.39, 0.29) is 0 Å². The van der Waals surface area contributed by atoms with Crippen LogP contribution in [0.15, 0.2) is 247 Å². The van der Waals surface area contributed by atoms with Gasteiger partial charge in [-0.25, -0.2) is 15.0 Å². The van der Waals surface area contributed by atoms with Crippen LogP contribution in [0, 0.1) is 0 Å². The number of rotatable bonds is 8. The lowest BCUT2D eigenvalue weighted by molar-refractivity contribution is 0.669. The Balaban J connectivity index is 0.965. The summed E-state index contributed by atoms with van der Waals surface area (Å²) in [6.07, 6.45) is 0. The summed E-state index contributed by atoms with van der Waals surface area (Å²) in [6, 6.07) is 85.2. The zero-order valence-corrected chi connectivity index (χ0v) is 36.8. The molecule has 0 spiro atoms. The molecule has 0 amide bonds. The van der Waals surface area contributed by atoms with E-state index < -0.39 is 0 Å². The molecule has 13 rings (SSSR count). The van der Waals surface area contributed by atoms with Crippen LogP contribution in [0.4, 0.5) is 0 Å². The molecule has 0 atom stereocenters. The monoisotopic (exact) mass is 868 g/mol. The van der Waals surface area contributed by atoms with Crippen molar-refractivity contribution in [3.05, 3.63) is 243 Å². The van der Waals surface area contributed by atoms with Gasteiger partial charge in [0.2, 0.25) is 0 Å². The first kappa shape index (κ1) is 39.2. The van der Waals surface area contributed by atoms with Crippen molar-refractivity contribution in [3.63, 3.8) is 0 Å². The van der Waals surface area contributed by atoms with Gasteiger partial charge < -0.3 is 8.98 Å². The predicted molar refractivity (Wildman–Crippen MR) is 279 cm³/mol. The van der Waals surface area contributed by atoms with Gasteiger partial charge in [-0.3, -0.25) is 0 Å². The van der Waals surface area contributed by atoms with E-state index >= 15 is 0 Å². The fourth-order valence-corrected chi connectivity index (χ4v) is 9.71. The first-order chi connectivity index (χ1) is 33.7. The Morgan fingerprint density at radius 3 is 1.34 bits per heavy atom. The number of para-hydroxylation sites is 1. The lowest BCUT2D eigenvalue weighted by Crippen LogP contribution is -2.00.